The highest BCUT2D eigenvalue weighted by molar-refractivity contribution is 6.08. The van der Waals surface area contributed by atoms with E-state index in [0.717, 1.165) is 17.6 Å². The lowest BCUT2D eigenvalue weighted by Gasteiger charge is -2.39. The average Bonchev–Trinajstić information content (AvgIpc) is 2.73. The van der Waals surface area contributed by atoms with Crippen molar-refractivity contribution in [2.24, 2.45) is 28.6 Å². The molecule has 1 aromatic rings. The maximum absolute atomic E-state index is 13.2. The summed E-state index contributed by atoms with van der Waals surface area (Å²) in [5.74, 6) is 1.88. The minimum atomic E-state index is -0.206. The van der Waals surface area contributed by atoms with Gasteiger partial charge in [0.1, 0.15) is 0 Å². The third kappa shape index (κ3) is 1.87. The van der Waals surface area contributed by atoms with Gasteiger partial charge in [-0.25, -0.2) is 0 Å². The number of benzene rings is 1. The Kier molecular flexibility index (Phi) is 3.39. The van der Waals surface area contributed by atoms with Gasteiger partial charge in [0.25, 0.3) is 0 Å². The molecule has 2 saturated carbocycles. The predicted octanol–water partition coefficient (Wildman–Crippen LogP) is 5.29. The van der Waals surface area contributed by atoms with E-state index in [-0.39, 0.29) is 10.8 Å². The van der Waals surface area contributed by atoms with Crippen LogP contribution in [0.1, 0.15) is 52.2 Å². The molecule has 2 fully saturated rings. The summed E-state index contributed by atoms with van der Waals surface area (Å²) in [6, 6.07) is 8.48. The quantitative estimate of drug-likeness (QED) is 0.678. The number of carbonyl (C=O) groups excluding carboxylic acids is 1. The van der Waals surface area contributed by atoms with E-state index >= 15 is 0 Å². The van der Waals surface area contributed by atoms with Gasteiger partial charge in [-0.05, 0) is 53.7 Å². The first-order valence-electron chi connectivity index (χ1n) is 8.52. The lowest BCUT2D eigenvalue weighted by Crippen LogP contribution is -2.40. The van der Waals surface area contributed by atoms with Gasteiger partial charge in [0.15, 0.2) is 5.78 Å². The van der Waals surface area contributed by atoms with Crippen molar-refractivity contribution >= 4 is 11.9 Å². The van der Waals surface area contributed by atoms with Crippen molar-refractivity contribution in [3.05, 3.63) is 41.0 Å². The topological polar surface area (TPSA) is 17.1 Å². The Morgan fingerprint density at radius 1 is 1.14 bits per heavy atom. The van der Waals surface area contributed by atoms with Crippen LogP contribution in [0.4, 0.5) is 0 Å². The van der Waals surface area contributed by atoms with Crippen molar-refractivity contribution in [3.8, 4) is 0 Å². The standard InChI is InChI=1S/C21H28O/c1-13(2)17-12-18-16(11-15-9-7-14(3)8-10-15)19(22)21(17,6)20(18,4)5/h7-11,13,17-18H,12H2,1-6H3/b16-11-. The highest BCUT2D eigenvalue weighted by Crippen LogP contribution is 2.69. The zero-order valence-corrected chi connectivity index (χ0v) is 14.7. The summed E-state index contributed by atoms with van der Waals surface area (Å²) >= 11 is 0. The van der Waals surface area contributed by atoms with Gasteiger partial charge in [-0.15, -0.1) is 0 Å². The molecule has 3 unspecified atom stereocenters. The number of hydrogen-bond donors (Lipinski definition) is 0. The van der Waals surface area contributed by atoms with Gasteiger partial charge in [-0.2, -0.15) is 0 Å². The number of hydrogen-bond acceptors (Lipinski definition) is 1. The maximum atomic E-state index is 13.2. The van der Waals surface area contributed by atoms with Crippen molar-refractivity contribution < 1.29 is 4.79 Å². The van der Waals surface area contributed by atoms with Crippen LogP contribution in [0.25, 0.3) is 6.08 Å². The molecule has 22 heavy (non-hydrogen) atoms. The van der Waals surface area contributed by atoms with Crippen LogP contribution in [0.15, 0.2) is 29.8 Å². The van der Waals surface area contributed by atoms with Crippen molar-refractivity contribution in [2.45, 2.75) is 48.0 Å². The van der Waals surface area contributed by atoms with Crippen molar-refractivity contribution in [1.29, 1.82) is 0 Å². The molecule has 1 heteroatoms. The Labute approximate surface area is 134 Å². The molecule has 118 valence electrons. The van der Waals surface area contributed by atoms with E-state index in [1.807, 2.05) is 0 Å². The van der Waals surface area contributed by atoms with Crippen molar-refractivity contribution in [1.82, 2.24) is 0 Å². The predicted molar refractivity (Wildman–Crippen MR) is 92.5 cm³/mol. The second-order valence-corrected chi connectivity index (χ2v) is 8.40. The molecule has 0 heterocycles. The third-order valence-electron chi connectivity index (χ3n) is 6.75. The Morgan fingerprint density at radius 3 is 2.23 bits per heavy atom. The summed E-state index contributed by atoms with van der Waals surface area (Å²) in [6.45, 7) is 13.4. The fourth-order valence-corrected chi connectivity index (χ4v) is 5.01. The molecule has 2 bridgehead atoms. The van der Waals surface area contributed by atoms with Gasteiger partial charge in [-0.1, -0.05) is 64.4 Å². The summed E-state index contributed by atoms with van der Waals surface area (Å²) in [6.07, 6.45) is 3.31. The normalized spacial score (nSPS) is 34.9. The number of carbonyl (C=O) groups is 1. The monoisotopic (exact) mass is 296 g/mol. The van der Waals surface area contributed by atoms with E-state index in [4.69, 9.17) is 0 Å². The molecular weight excluding hydrogens is 268 g/mol. The molecule has 0 spiro atoms. The maximum Gasteiger partial charge on any atom is 0.165 e. The molecule has 0 N–H and O–H groups in total. The largest absolute Gasteiger partial charge is 0.294 e. The van der Waals surface area contributed by atoms with Gasteiger partial charge in [0, 0.05) is 5.41 Å². The second kappa shape index (κ2) is 4.81. The van der Waals surface area contributed by atoms with Crippen LogP contribution >= 0.6 is 0 Å². The zero-order chi connectivity index (χ0) is 16.3. The van der Waals surface area contributed by atoms with E-state index in [0.29, 0.717) is 23.5 Å². The fraction of sp³-hybridized carbons (Fsp3) is 0.571. The number of Topliss-reactive ketones (excluding diaryl/α,β-unsaturated/α-hetero) is 1. The van der Waals surface area contributed by atoms with Crippen molar-refractivity contribution in [3.63, 3.8) is 0 Å². The molecule has 0 amide bonds. The van der Waals surface area contributed by atoms with Crippen molar-refractivity contribution in [2.75, 3.05) is 0 Å². The van der Waals surface area contributed by atoms with E-state index < -0.39 is 0 Å². The Morgan fingerprint density at radius 2 is 1.73 bits per heavy atom. The highest BCUT2D eigenvalue weighted by Gasteiger charge is 2.68. The molecule has 0 aliphatic heterocycles. The molecule has 2 aliphatic carbocycles. The molecule has 1 nitrogen and oxygen atoms in total. The number of allylic oxidation sites excluding steroid dienone is 1. The minimum Gasteiger partial charge on any atom is -0.294 e. The van der Waals surface area contributed by atoms with Crippen LogP contribution < -0.4 is 0 Å². The minimum absolute atomic E-state index is 0.0650. The fourth-order valence-electron chi connectivity index (χ4n) is 5.01. The Balaban J connectivity index is 2.05. The van der Waals surface area contributed by atoms with Gasteiger partial charge < -0.3 is 0 Å². The molecule has 0 saturated heterocycles. The lowest BCUT2D eigenvalue weighted by molar-refractivity contribution is -0.129. The van der Waals surface area contributed by atoms with E-state index in [1.54, 1.807) is 0 Å². The smallest absolute Gasteiger partial charge is 0.165 e. The number of ketones is 1. The van der Waals surface area contributed by atoms with Crippen LogP contribution in [-0.4, -0.2) is 5.78 Å². The molecule has 0 aromatic heterocycles. The molecule has 2 aliphatic rings. The summed E-state index contributed by atoms with van der Waals surface area (Å²) in [4.78, 5) is 13.2. The van der Waals surface area contributed by atoms with Crippen LogP contribution in [0, 0.1) is 35.5 Å². The zero-order valence-electron chi connectivity index (χ0n) is 14.7. The van der Waals surface area contributed by atoms with Gasteiger partial charge in [0.05, 0.1) is 0 Å². The summed E-state index contributed by atoms with van der Waals surface area (Å²) < 4.78 is 0. The number of rotatable bonds is 2. The van der Waals surface area contributed by atoms with Crippen LogP contribution in [0.5, 0.6) is 0 Å². The first-order chi connectivity index (χ1) is 10.2. The molecule has 0 radical (unpaired) electrons. The SMILES string of the molecule is Cc1ccc(/C=C2\C(=O)C3(C)C(C(C)C)CC2C3(C)C)cc1. The lowest BCUT2D eigenvalue weighted by atomic mass is 9.63. The number of aryl methyl sites for hydroxylation is 1. The van der Waals surface area contributed by atoms with E-state index in [9.17, 15) is 4.79 Å². The van der Waals surface area contributed by atoms with Gasteiger partial charge >= 0.3 is 0 Å². The number of fused-ring (bicyclic) bond motifs is 2. The molecular formula is C21H28O. The summed E-state index contributed by atoms with van der Waals surface area (Å²) in [7, 11) is 0. The van der Waals surface area contributed by atoms with Crippen LogP contribution in [0.2, 0.25) is 0 Å². The van der Waals surface area contributed by atoms with Crippen LogP contribution in [-0.2, 0) is 4.79 Å². The summed E-state index contributed by atoms with van der Waals surface area (Å²) in [5, 5.41) is 0. The Hall–Kier alpha value is -1.37. The van der Waals surface area contributed by atoms with E-state index in [2.05, 4.69) is 71.9 Å². The average molecular weight is 296 g/mol. The second-order valence-electron chi connectivity index (χ2n) is 8.40. The molecule has 1 aromatic carbocycles. The highest BCUT2D eigenvalue weighted by atomic mass is 16.1. The first kappa shape index (κ1) is 15.5. The first-order valence-corrected chi connectivity index (χ1v) is 8.52. The molecule has 3 rings (SSSR count). The van der Waals surface area contributed by atoms with Crippen LogP contribution in [0.3, 0.4) is 0 Å². The third-order valence-corrected chi connectivity index (χ3v) is 6.75. The van der Waals surface area contributed by atoms with Gasteiger partial charge in [0.2, 0.25) is 0 Å². The Bertz CT molecular complexity index is 632. The van der Waals surface area contributed by atoms with Gasteiger partial charge in [-0.3, -0.25) is 4.79 Å². The molecule has 3 atom stereocenters. The summed E-state index contributed by atoms with van der Waals surface area (Å²) in [5.41, 5.74) is 3.33. The van der Waals surface area contributed by atoms with E-state index in [1.165, 1.54) is 5.56 Å².